The molecule has 1 amide bonds. The summed E-state index contributed by atoms with van der Waals surface area (Å²) in [7, 11) is 1.54. The van der Waals surface area contributed by atoms with Crippen LogP contribution >= 0.6 is 0 Å². The van der Waals surface area contributed by atoms with Gasteiger partial charge >= 0.3 is 12.1 Å². The molecule has 0 saturated carbocycles. The maximum absolute atomic E-state index is 12.2. The van der Waals surface area contributed by atoms with Gasteiger partial charge in [0, 0.05) is 6.04 Å². The van der Waals surface area contributed by atoms with Gasteiger partial charge in [-0.15, -0.1) is 0 Å². The molecule has 0 heterocycles. The van der Waals surface area contributed by atoms with Crippen LogP contribution in [0.1, 0.15) is 18.9 Å². The van der Waals surface area contributed by atoms with Crippen LogP contribution in [-0.4, -0.2) is 25.2 Å². The van der Waals surface area contributed by atoms with Gasteiger partial charge in [-0.05, 0) is 30.5 Å². The third kappa shape index (κ3) is 4.81. The zero-order valence-corrected chi connectivity index (χ0v) is 10.8. The summed E-state index contributed by atoms with van der Waals surface area (Å²) in [6, 6.07) is 6.45. The third-order valence-corrected chi connectivity index (χ3v) is 2.73. The van der Waals surface area contributed by atoms with Gasteiger partial charge in [0.15, 0.2) is 0 Å². The van der Waals surface area contributed by atoms with Gasteiger partial charge < -0.3 is 10.1 Å². The molecule has 1 aromatic carbocycles. The standard InChI is InChI=1S/C13H16F3NO2/c1-3-10(17-12(18)13(14,15)16)8-9-4-6-11(19-2)7-5-9/h4-7,10H,3,8H2,1-2H3,(H,17,18). The predicted octanol–water partition coefficient (Wildman–Crippen LogP) is 2.69. The smallest absolute Gasteiger partial charge is 0.471 e. The van der Waals surface area contributed by atoms with Crippen molar-refractivity contribution in [2.75, 3.05) is 7.11 Å². The molecule has 1 unspecified atom stereocenters. The average molecular weight is 275 g/mol. The Morgan fingerprint density at radius 2 is 1.89 bits per heavy atom. The summed E-state index contributed by atoms with van der Waals surface area (Å²) < 4.78 is 41.5. The average Bonchev–Trinajstić information content (AvgIpc) is 2.37. The first-order valence-electron chi connectivity index (χ1n) is 5.87. The molecule has 0 saturated heterocycles. The maximum Gasteiger partial charge on any atom is 0.471 e. The second-order valence-corrected chi connectivity index (χ2v) is 4.13. The second-order valence-electron chi connectivity index (χ2n) is 4.13. The minimum absolute atomic E-state index is 0.350. The van der Waals surface area contributed by atoms with Crippen molar-refractivity contribution < 1.29 is 22.7 Å². The van der Waals surface area contributed by atoms with Gasteiger partial charge in [0.25, 0.3) is 0 Å². The van der Waals surface area contributed by atoms with Gasteiger partial charge in [-0.25, -0.2) is 0 Å². The number of ether oxygens (including phenoxy) is 1. The van der Waals surface area contributed by atoms with Gasteiger partial charge in [0.05, 0.1) is 7.11 Å². The molecule has 0 bridgehead atoms. The van der Waals surface area contributed by atoms with Crippen LogP contribution in [0.2, 0.25) is 0 Å². The Kier molecular flexibility index (Phi) is 5.20. The van der Waals surface area contributed by atoms with Gasteiger partial charge in [-0.2, -0.15) is 13.2 Å². The molecule has 0 aliphatic heterocycles. The first-order valence-corrected chi connectivity index (χ1v) is 5.87. The first kappa shape index (κ1) is 15.3. The van der Waals surface area contributed by atoms with Crippen LogP contribution in [0, 0.1) is 0 Å². The van der Waals surface area contributed by atoms with Crippen molar-refractivity contribution in [3.8, 4) is 5.75 Å². The van der Waals surface area contributed by atoms with E-state index in [0.717, 1.165) is 5.56 Å². The molecule has 0 radical (unpaired) electrons. The normalized spacial score (nSPS) is 12.9. The number of carbonyl (C=O) groups is 1. The number of nitrogens with one attached hydrogen (secondary N) is 1. The van der Waals surface area contributed by atoms with Gasteiger partial charge in [-0.3, -0.25) is 4.79 Å². The van der Waals surface area contributed by atoms with E-state index in [-0.39, 0.29) is 0 Å². The van der Waals surface area contributed by atoms with Crippen molar-refractivity contribution in [3.63, 3.8) is 0 Å². The van der Waals surface area contributed by atoms with Crippen LogP contribution in [0.5, 0.6) is 5.75 Å². The van der Waals surface area contributed by atoms with E-state index in [2.05, 4.69) is 0 Å². The molecule has 0 fully saturated rings. The molecule has 1 rings (SSSR count). The van der Waals surface area contributed by atoms with Crippen molar-refractivity contribution >= 4 is 5.91 Å². The highest BCUT2D eigenvalue weighted by Gasteiger charge is 2.39. The van der Waals surface area contributed by atoms with Crippen molar-refractivity contribution in [1.82, 2.24) is 5.32 Å². The molecule has 0 spiro atoms. The number of hydrogen-bond donors (Lipinski definition) is 1. The number of amides is 1. The Morgan fingerprint density at radius 1 is 1.32 bits per heavy atom. The minimum Gasteiger partial charge on any atom is -0.497 e. The van der Waals surface area contributed by atoms with E-state index in [0.29, 0.717) is 18.6 Å². The molecular formula is C13H16F3NO2. The highest BCUT2D eigenvalue weighted by molar-refractivity contribution is 5.81. The molecule has 0 aliphatic rings. The largest absolute Gasteiger partial charge is 0.497 e. The highest BCUT2D eigenvalue weighted by Crippen LogP contribution is 2.17. The zero-order valence-electron chi connectivity index (χ0n) is 10.8. The topological polar surface area (TPSA) is 38.3 Å². The zero-order chi connectivity index (χ0) is 14.5. The van der Waals surface area contributed by atoms with Crippen LogP contribution < -0.4 is 10.1 Å². The van der Waals surface area contributed by atoms with Gasteiger partial charge in [0.1, 0.15) is 5.75 Å². The fourth-order valence-electron chi connectivity index (χ4n) is 1.61. The molecule has 6 heteroatoms. The summed E-state index contributed by atoms with van der Waals surface area (Å²) >= 11 is 0. The number of halogens is 3. The number of rotatable bonds is 5. The van der Waals surface area contributed by atoms with Crippen molar-refractivity contribution in [2.45, 2.75) is 32.0 Å². The minimum atomic E-state index is -4.84. The number of benzene rings is 1. The number of carbonyl (C=O) groups excluding carboxylic acids is 1. The molecule has 1 aromatic rings. The van der Waals surface area contributed by atoms with Crippen molar-refractivity contribution in [1.29, 1.82) is 0 Å². The summed E-state index contributed by atoms with van der Waals surface area (Å²) in [5, 5.41) is 1.99. The maximum atomic E-state index is 12.2. The number of methoxy groups -OCH3 is 1. The van der Waals surface area contributed by atoms with E-state index >= 15 is 0 Å². The fourth-order valence-corrected chi connectivity index (χ4v) is 1.61. The highest BCUT2D eigenvalue weighted by atomic mass is 19.4. The summed E-state index contributed by atoms with van der Waals surface area (Å²) in [4.78, 5) is 10.9. The van der Waals surface area contributed by atoms with E-state index in [1.54, 1.807) is 31.2 Å². The number of alkyl halides is 3. The lowest BCUT2D eigenvalue weighted by molar-refractivity contribution is -0.174. The number of hydrogen-bond acceptors (Lipinski definition) is 2. The SMILES string of the molecule is CCC(Cc1ccc(OC)cc1)NC(=O)C(F)(F)F. The lowest BCUT2D eigenvalue weighted by Gasteiger charge is -2.18. The Labute approximate surface area is 109 Å². The van der Waals surface area contributed by atoms with Gasteiger partial charge in [-0.1, -0.05) is 19.1 Å². The monoisotopic (exact) mass is 275 g/mol. The molecule has 1 N–H and O–H groups in total. The fraction of sp³-hybridized carbons (Fsp3) is 0.462. The van der Waals surface area contributed by atoms with E-state index < -0.39 is 18.1 Å². The van der Waals surface area contributed by atoms with E-state index in [4.69, 9.17) is 4.74 Å². The quantitative estimate of drug-likeness (QED) is 0.897. The van der Waals surface area contributed by atoms with Gasteiger partial charge in [0.2, 0.25) is 0 Å². The molecule has 3 nitrogen and oxygen atoms in total. The van der Waals surface area contributed by atoms with E-state index in [1.165, 1.54) is 7.11 Å². The van der Waals surface area contributed by atoms with Crippen LogP contribution in [0.4, 0.5) is 13.2 Å². The molecule has 19 heavy (non-hydrogen) atoms. The first-order chi connectivity index (χ1) is 8.86. The van der Waals surface area contributed by atoms with Crippen molar-refractivity contribution in [3.05, 3.63) is 29.8 Å². The molecule has 0 aliphatic carbocycles. The third-order valence-electron chi connectivity index (χ3n) is 2.73. The van der Waals surface area contributed by atoms with Crippen LogP contribution in [0.15, 0.2) is 24.3 Å². The van der Waals surface area contributed by atoms with Crippen molar-refractivity contribution in [2.24, 2.45) is 0 Å². The molecule has 0 aromatic heterocycles. The summed E-state index contributed by atoms with van der Waals surface area (Å²) in [5.41, 5.74) is 0.843. The summed E-state index contributed by atoms with van der Waals surface area (Å²) in [6.45, 7) is 1.73. The Bertz CT molecular complexity index is 415. The lowest BCUT2D eigenvalue weighted by atomic mass is 10.0. The van der Waals surface area contributed by atoms with E-state index in [9.17, 15) is 18.0 Å². The molecule has 106 valence electrons. The van der Waals surface area contributed by atoms with Crippen LogP contribution in [-0.2, 0) is 11.2 Å². The predicted molar refractivity (Wildman–Crippen MR) is 65.0 cm³/mol. The Balaban J connectivity index is 2.63. The Hall–Kier alpha value is -1.72. The lowest BCUT2D eigenvalue weighted by Crippen LogP contribution is -2.43. The van der Waals surface area contributed by atoms with Crippen LogP contribution in [0.3, 0.4) is 0 Å². The van der Waals surface area contributed by atoms with Crippen LogP contribution in [0.25, 0.3) is 0 Å². The summed E-state index contributed by atoms with van der Waals surface area (Å²) in [5.74, 6) is -1.22. The Morgan fingerprint density at radius 3 is 2.32 bits per heavy atom. The summed E-state index contributed by atoms with van der Waals surface area (Å²) in [6.07, 6.45) is -4.07. The molecule has 1 atom stereocenters. The molecular weight excluding hydrogens is 259 g/mol. The van der Waals surface area contributed by atoms with E-state index in [1.807, 2.05) is 5.32 Å². The second kappa shape index (κ2) is 6.45.